The first-order valence-corrected chi connectivity index (χ1v) is 3.90. The van der Waals surface area contributed by atoms with E-state index in [9.17, 15) is 13.2 Å². The molecule has 74 valence electrons. The fourth-order valence-corrected chi connectivity index (χ4v) is 1.05. The Morgan fingerprint density at radius 2 is 1.92 bits per heavy atom. The van der Waals surface area contributed by atoms with E-state index in [1.807, 2.05) is 0 Å². The lowest BCUT2D eigenvalue weighted by molar-refractivity contribution is -0.180. The van der Waals surface area contributed by atoms with E-state index in [0.29, 0.717) is 6.42 Å². The quantitative estimate of drug-likeness (QED) is 0.533. The van der Waals surface area contributed by atoms with Crippen LogP contribution in [0.2, 0.25) is 0 Å². The van der Waals surface area contributed by atoms with Gasteiger partial charge in [0.25, 0.3) is 0 Å². The molecule has 0 spiro atoms. The van der Waals surface area contributed by atoms with E-state index in [2.05, 4.69) is 0 Å². The smallest absolute Gasteiger partial charge is 0.269 e. The van der Waals surface area contributed by atoms with Crippen LogP contribution in [0.15, 0.2) is 0 Å². The van der Waals surface area contributed by atoms with Crippen LogP contribution in [0, 0.1) is 5.92 Å². The summed E-state index contributed by atoms with van der Waals surface area (Å²) in [5.74, 6) is 3.86. The fourth-order valence-electron chi connectivity index (χ4n) is 1.05. The molecule has 5 heteroatoms. The summed E-state index contributed by atoms with van der Waals surface area (Å²) in [7, 11) is 1.44. The Hall–Kier alpha value is -0.290. The van der Waals surface area contributed by atoms with E-state index >= 15 is 0 Å². The molecule has 2 nitrogen and oxygen atoms in total. The number of nitrogens with zero attached hydrogens (tertiary/aromatic N) is 1. The molecule has 0 bridgehead atoms. The highest BCUT2D eigenvalue weighted by atomic mass is 19.4. The van der Waals surface area contributed by atoms with Gasteiger partial charge in [-0.15, -0.1) is 0 Å². The minimum atomic E-state index is -4.12. The second-order valence-corrected chi connectivity index (χ2v) is 2.97. The maximum absolute atomic E-state index is 12.2. The van der Waals surface area contributed by atoms with E-state index in [0.717, 1.165) is 5.01 Å². The average Bonchev–Trinajstić information content (AvgIpc) is 1.83. The highest BCUT2D eigenvalue weighted by Gasteiger charge is 2.38. The molecule has 0 aliphatic rings. The predicted octanol–water partition coefficient (Wildman–Crippen LogP) is 1.77. The Bertz CT molecular complexity index is 122. The zero-order valence-corrected chi connectivity index (χ0v) is 7.36. The van der Waals surface area contributed by atoms with Crippen molar-refractivity contribution in [2.24, 2.45) is 11.8 Å². The number of hydrazine groups is 1. The van der Waals surface area contributed by atoms with Gasteiger partial charge in [0.05, 0.1) is 5.92 Å². The standard InChI is InChI=1S/C7H15F3N2/c1-3-4-6(5-12(2)11)7(8,9)10/h6H,3-5,11H2,1-2H3. The molecule has 2 N–H and O–H groups in total. The zero-order chi connectivity index (χ0) is 9.78. The third-order valence-corrected chi connectivity index (χ3v) is 1.61. The predicted molar refractivity (Wildman–Crippen MR) is 41.3 cm³/mol. The van der Waals surface area contributed by atoms with Crippen molar-refractivity contribution in [3.05, 3.63) is 0 Å². The Labute approximate surface area is 70.5 Å². The summed E-state index contributed by atoms with van der Waals surface area (Å²) in [4.78, 5) is 0. The highest BCUT2D eigenvalue weighted by Crippen LogP contribution is 2.29. The van der Waals surface area contributed by atoms with Crippen molar-refractivity contribution in [3.63, 3.8) is 0 Å². The molecular formula is C7H15F3N2. The van der Waals surface area contributed by atoms with E-state index in [1.165, 1.54) is 7.05 Å². The van der Waals surface area contributed by atoms with Gasteiger partial charge in [-0.2, -0.15) is 13.2 Å². The summed E-state index contributed by atoms with van der Waals surface area (Å²) in [6, 6.07) is 0. The number of halogens is 3. The molecule has 0 saturated heterocycles. The molecule has 0 heterocycles. The van der Waals surface area contributed by atoms with Crippen LogP contribution >= 0.6 is 0 Å². The van der Waals surface area contributed by atoms with Gasteiger partial charge in [-0.3, -0.25) is 5.84 Å². The lowest BCUT2D eigenvalue weighted by atomic mass is 10.0. The van der Waals surface area contributed by atoms with Crippen LogP contribution in [-0.4, -0.2) is 24.8 Å². The summed E-state index contributed by atoms with van der Waals surface area (Å²) in [6.45, 7) is 1.60. The molecule has 0 aliphatic heterocycles. The van der Waals surface area contributed by atoms with Crippen LogP contribution in [0.25, 0.3) is 0 Å². The van der Waals surface area contributed by atoms with Gasteiger partial charge in [-0.25, -0.2) is 5.01 Å². The molecule has 1 unspecified atom stereocenters. The van der Waals surface area contributed by atoms with Crippen LogP contribution in [0.1, 0.15) is 19.8 Å². The van der Waals surface area contributed by atoms with Crippen LogP contribution in [0.4, 0.5) is 13.2 Å². The maximum atomic E-state index is 12.2. The number of hydrogen-bond donors (Lipinski definition) is 1. The first-order chi connectivity index (χ1) is 5.38. The first-order valence-electron chi connectivity index (χ1n) is 3.90. The summed E-state index contributed by atoms with van der Waals surface area (Å²) in [5.41, 5.74) is 0. The summed E-state index contributed by atoms with van der Waals surface area (Å²) in [6.07, 6.45) is -3.45. The summed E-state index contributed by atoms with van der Waals surface area (Å²) >= 11 is 0. The van der Waals surface area contributed by atoms with Crippen molar-refractivity contribution < 1.29 is 13.2 Å². The van der Waals surface area contributed by atoms with Gasteiger partial charge in [0.2, 0.25) is 0 Å². The SMILES string of the molecule is CCCC(CN(C)N)C(F)(F)F. The van der Waals surface area contributed by atoms with Crippen molar-refractivity contribution in [2.45, 2.75) is 25.9 Å². The normalized spacial score (nSPS) is 15.2. The second kappa shape index (κ2) is 4.67. The number of alkyl halides is 3. The number of rotatable bonds is 4. The Morgan fingerprint density at radius 3 is 2.17 bits per heavy atom. The Balaban J connectivity index is 4.04. The Kier molecular flexibility index (Phi) is 4.55. The third-order valence-electron chi connectivity index (χ3n) is 1.61. The molecule has 0 fully saturated rings. The molecule has 12 heavy (non-hydrogen) atoms. The minimum absolute atomic E-state index is 0.128. The molecule has 0 aliphatic carbocycles. The third kappa shape index (κ3) is 4.56. The van der Waals surface area contributed by atoms with Gasteiger partial charge in [0.15, 0.2) is 0 Å². The van der Waals surface area contributed by atoms with Crippen LogP contribution in [-0.2, 0) is 0 Å². The van der Waals surface area contributed by atoms with E-state index in [1.54, 1.807) is 6.92 Å². The minimum Gasteiger partial charge on any atom is -0.269 e. The lowest BCUT2D eigenvalue weighted by Gasteiger charge is -2.22. The topological polar surface area (TPSA) is 29.3 Å². The van der Waals surface area contributed by atoms with Gasteiger partial charge in [-0.1, -0.05) is 13.3 Å². The van der Waals surface area contributed by atoms with E-state index in [-0.39, 0.29) is 13.0 Å². The largest absolute Gasteiger partial charge is 0.393 e. The van der Waals surface area contributed by atoms with Crippen LogP contribution < -0.4 is 5.84 Å². The van der Waals surface area contributed by atoms with Crippen molar-refractivity contribution >= 4 is 0 Å². The molecule has 0 aromatic carbocycles. The van der Waals surface area contributed by atoms with Crippen LogP contribution in [0.5, 0.6) is 0 Å². The molecule has 0 radical (unpaired) electrons. The van der Waals surface area contributed by atoms with Gasteiger partial charge in [-0.05, 0) is 6.42 Å². The van der Waals surface area contributed by atoms with Gasteiger partial charge in [0, 0.05) is 13.6 Å². The number of nitrogens with two attached hydrogens (primary N) is 1. The van der Waals surface area contributed by atoms with Crippen molar-refractivity contribution in [1.82, 2.24) is 5.01 Å². The first kappa shape index (κ1) is 11.7. The monoisotopic (exact) mass is 184 g/mol. The molecule has 1 atom stereocenters. The average molecular weight is 184 g/mol. The summed E-state index contributed by atoms with van der Waals surface area (Å²) < 4.78 is 36.6. The van der Waals surface area contributed by atoms with Gasteiger partial charge >= 0.3 is 6.18 Å². The van der Waals surface area contributed by atoms with Crippen molar-refractivity contribution in [1.29, 1.82) is 0 Å². The fraction of sp³-hybridized carbons (Fsp3) is 1.00. The van der Waals surface area contributed by atoms with Crippen molar-refractivity contribution in [2.75, 3.05) is 13.6 Å². The zero-order valence-electron chi connectivity index (χ0n) is 7.36. The molecular weight excluding hydrogens is 169 g/mol. The van der Waals surface area contributed by atoms with Gasteiger partial charge in [0.1, 0.15) is 0 Å². The Morgan fingerprint density at radius 1 is 1.42 bits per heavy atom. The second-order valence-electron chi connectivity index (χ2n) is 2.97. The number of hydrogen-bond acceptors (Lipinski definition) is 2. The van der Waals surface area contributed by atoms with E-state index in [4.69, 9.17) is 5.84 Å². The van der Waals surface area contributed by atoms with Crippen LogP contribution in [0.3, 0.4) is 0 Å². The maximum Gasteiger partial charge on any atom is 0.393 e. The highest BCUT2D eigenvalue weighted by molar-refractivity contribution is 4.68. The molecule has 0 saturated carbocycles. The molecule has 0 rings (SSSR count). The van der Waals surface area contributed by atoms with Crippen molar-refractivity contribution in [3.8, 4) is 0 Å². The van der Waals surface area contributed by atoms with E-state index < -0.39 is 12.1 Å². The summed E-state index contributed by atoms with van der Waals surface area (Å²) in [5, 5.41) is 1.08. The van der Waals surface area contributed by atoms with Gasteiger partial charge < -0.3 is 0 Å². The molecule has 0 aromatic rings. The molecule has 0 aromatic heterocycles. The lowest BCUT2D eigenvalue weighted by Crippen LogP contribution is -2.38. The molecule has 0 amide bonds.